The summed E-state index contributed by atoms with van der Waals surface area (Å²) in [5.41, 5.74) is 3.00. The predicted octanol–water partition coefficient (Wildman–Crippen LogP) is 5.49. The van der Waals surface area contributed by atoms with Crippen LogP contribution < -0.4 is 10.6 Å². The third kappa shape index (κ3) is 4.62. The van der Waals surface area contributed by atoms with Crippen molar-refractivity contribution in [1.29, 1.82) is 0 Å². The third-order valence-electron chi connectivity index (χ3n) is 8.63. The molecule has 3 aliphatic carbocycles. The Hall–Kier alpha value is -3.59. The van der Waals surface area contributed by atoms with E-state index in [0.29, 0.717) is 28.0 Å². The molecule has 3 atom stereocenters. The van der Waals surface area contributed by atoms with Gasteiger partial charge in [-0.15, -0.1) is 0 Å². The van der Waals surface area contributed by atoms with Crippen molar-refractivity contribution in [2.75, 3.05) is 0 Å². The minimum Gasteiger partial charge on any atom is -0.481 e. The lowest BCUT2D eigenvalue weighted by Gasteiger charge is -2.48. The number of hydrogen-bond donors (Lipinski definition) is 4. The first-order chi connectivity index (χ1) is 18.6. The van der Waals surface area contributed by atoms with Gasteiger partial charge in [-0.3, -0.25) is 10.1 Å². The predicted molar refractivity (Wildman–Crippen MR) is 146 cm³/mol. The largest absolute Gasteiger partial charge is 0.481 e. The van der Waals surface area contributed by atoms with Gasteiger partial charge in [-0.25, -0.2) is 18.8 Å². The van der Waals surface area contributed by atoms with Gasteiger partial charge in [0, 0.05) is 28.8 Å². The summed E-state index contributed by atoms with van der Waals surface area (Å²) < 4.78 is 30.4. The Morgan fingerprint density at radius 2 is 1.77 bits per heavy atom. The number of hydrogen-bond acceptors (Lipinski definition) is 5. The Bertz CT molecular complexity index is 1480. The highest BCUT2D eigenvalue weighted by Gasteiger charge is 2.48. The van der Waals surface area contributed by atoms with Gasteiger partial charge in [0.25, 0.3) is 0 Å². The van der Waals surface area contributed by atoms with Crippen molar-refractivity contribution in [2.45, 2.75) is 64.1 Å². The number of aromatic amines is 1. The summed E-state index contributed by atoms with van der Waals surface area (Å²) in [6, 6.07) is 8.70. The van der Waals surface area contributed by atoms with Crippen LogP contribution in [-0.2, 0) is 10.2 Å². The molecule has 0 saturated heterocycles. The number of pyridine rings is 1. The van der Waals surface area contributed by atoms with E-state index < -0.39 is 29.7 Å². The second-order valence-corrected chi connectivity index (χ2v) is 12.0. The van der Waals surface area contributed by atoms with E-state index in [9.17, 15) is 14.3 Å². The third-order valence-corrected chi connectivity index (χ3v) is 8.63. The van der Waals surface area contributed by atoms with Crippen LogP contribution in [0.1, 0.15) is 63.1 Å². The number of H-pyrrole nitrogens is 1. The van der Waals surface area contributed by atoms with E-state index >= 15 is 4.39 Å². The van der Waals surface area contributed by atoms with Crippen LogP contribution in [-0.4, -0.2) is 39.1 Å². The molecule has 3 heterocycles. The Balaban J connectivity index is 1.42. The van der Waals surface area contributed by atoms with Crippen molar-refractivity contribution in [3.05, 3.63) is 71.1 Å². The van der Waals surface area contributed by atoms with Crippen LogP contribution in [0, 0.1) is 23.6 Å². The van der Waals surface area contributed by atoms with Gasteiger partial charge in [0.05, 0.1) is 17.8 Å². The fraction of sp³-hybridized carbons (Fsp3) is 0.433. The monoisotopic (exact) mass is 533 g/mol. The molecule has 204 valence electrons. The SMILES string of the molecule is CC(C)(C)c1ccc(C2=C(F)C(NC3C4CCC(CC4)C3C(=O)O)N=C(c3c[nH]c4ncc(F)cc34)N2)cc1. The van der Waals surface area contributed by atoms with E-state index in [1.165, 1.54) is 6.07 Å². The molecule has 0 radical (unpaired) electrons. The van der Waals surface area contributed by atoms with Crippen LogP contribution >= 0.6 is 0 Å². The van der Waals surface area contributed by atoms with Crippen LogP contribution in [0.4, 0.5) is 8.78 Å². The number of fused-ring (bicyclic) bond motifs is 4. The molecule has 7 nitrogen and oxygen atoms in total. The highest BCUT2D eigenvalue weighted by atomic mass is 19.1. The second-order valence-electron chi connectivity index (χ2n) is 12.0. The summed E-state index contributed by atoms with van der Waals surface area (Å²) in [5.74, 6) is -1.84. The van der Waals surface area contributed by atoms with Gasteiger partial charge >= 0.3 is 5.97 Å². The van der Waals surface area contributed by atoms with Crippen molar-refractivity contribution in [1.82, 2.24) is 20.6 Å². The first kappa shape index (κ1) is 25.7. The Morgan fingerprint density at radius 3 is 2.44 bits per heavy atom. The van der Waals surface area contributed by atoms with E-state index in [0.717, 1.165) is 37.4 Å². The summed E-state index contributed by atoms with van der Waals surface area (Å²) in [7, 11) is 0. The number of amidine groups is 1. The van der Waals surface area contributed by atoms with Gasteiger partial charge in [-0.1, -0.05) is 45.0 Å². The number of carboxylic acids is 1. The Kier molecular flexibility index (Phi) is 6.29. The van der Waals surface area contributed by atoms with Crippen molar-refractivity contribution in [2.24, 2.45) is 22.7 Å². The molecule has 0 spiro atoms. The molecular weight excluding hydrogens is 500 g/mol. The first-order valence-electron chi connectivity index (χ1n) is 13.6. The molecule has 39 heavy (non-hydrogen) atoms. The van der Waals surface area contributed by atoms with Crippen LogP contribution in [0.5, 0.6) is 0 Å². The quantitative estimate of drug-likeness (QED) is 0.347. The van der Waals surface area contributed by atoms with Crippen molar-refractivity contribution >= 4 is 28.5 Å². The molecule has 3 unspecified atom stereocenters. The lowest BCUT2D eigenvalue weighted by atomic mass is 9.61. The minimum atomic E-state index is -1.09. The number of carboxylic acid groups (broad SMARTS) is 1. The van der Waals surface area contributed by atoms with Crippen molar-refractivity contribution < 1.29 is 18.7 Å². The Morgan fingerprint density at radius 1 is 1.08 bits per heavy atom. The van der Waals surface area contributed by atoms with Crippen LogP contribution in [0.2, 0.25) is 0 Å². The first-order valence-corrected chi connectivity index (χ1v) is 13.6. The molecule has 2 bridgehead atoms. The van der Waals surface area contributed by atoms with Crippen molar-refractivity contribution in [3.63, 3.8) is 0 Å². The highest BCUT2D eigenvalue weighted by molar-refractivity contribution is 6.12. The molecule has 4 N–H and O–H groups in total. The number of carbonyl (C=O) groups is 1. The number of aliphatic carboxylic acids is 1. The number of aliphatic imine (C=N–C) groups is 1. The molecule has 3 aromatic rings. The lowest BCUT2D eigenvalue weighted by molar-refractivity contribution is -0.149. The average Bonchev–Trinajstić information content (AvgIpc) is 3.33. The lowest BCUT2D eigenvalue weighted by Crippen LogP contribution is -2.57. The maximum atomic E-state index is 16.3. The molecule has 4 aliphatic rings. The zero-order chi connectivity index (χ0) is 27.5. The number of nitrogens with zero attached hydrogens (tertiary/aromatic N) is 2. The van der Waals surface area contributed by atoms with Gasteiger partial charge < -0.3 is 15.4 Å². The standard InChI is InChI=1S/C30H33F2N5O2/c1-30(2,3)18-10-8-17(9-11-18)25-23(32)28(35-24-16-6-4-15(5-7-16)22(24)29(38)39)37-27(36-25)21-14-34-26-20(21)12-19(31)13-33-26/h8-16,22,24,28,35H,4-7H2,1-3H3,(H,33,34)(H,36,37)(H,38,39). The minimum absolute atomic E-state index is 0.0601. The van der Waals surface area contributed by atoms with Crippen LogP contribution in [0.25, 0.3) is 16.7 Å². The zero-order valence-electron chi connectivity index (χ0n) is 22.3. The average molecular weight is 534 g/mol. The molecule has 2 aromatic heterocycles. The molecular formula is C30H33F2N5O2. The summed E-state index contributed by atoms with van der Waals surface area (Å²) in [6.07, 6.45) is 5.34. The van der Waals surface area contributed by atoms with Gasteiger partial charge in [-0.05, 0) is 54.6 Å². The van der Waals surface area contributed by atoms with Crippen LogP contribution in [0.3, 0.4) is 0 Å². The normalized spacial score (nSPS) is 27.0. The molecule has 3 fully saturated rings. The van der Waals surface area contributed by atoms with Crippen molar-refractivity contribution in [3.8, 4) is 0 Å². The van der Waals surface area contributed by atoms with E-state index in [4.69, 9.17) is 0 Å². The fourth-order valence-electron chi connectivity index (χ4n) is 6.53. The molecule has 7 rings (SSSR count). The number of aromatic nitrogens is 2. The summed E-state index contributed by atoms with van der Waals surface area (Å²) in [6.45, 7) is 6.35. The number of nitrogens with one attached hydrogen (secondary N) is 3. The molecule has 3 saturated carbocycles. The number of rotatable bonds is 5. The van der Waals surface area contributed by atoms with Gasteiger partial charge in [0.2, 0.25) is 0 Å². The smallest absolute Gasteiger partial charge is 0.308 e. The molecule has 1 aliphatic heterocycles. The van der Waals surface area contributed by atoms with Crippen LogP contribution in [0.15, 0.2) is 53.5 Å². The maximum absolute atomic E-state index is 16.3. The molecule has 9 heteroatoms. The number of halogens is 2. The second kappa shape index (κ2) is 9.55. The summed E-state index contributed by atoms with van der Waals surface area (Å²) >= 11 is 0. The topological polar surface area (TPSA) is 102 Å². The molecule has 1 aromatic carbocycles. The van der Waals surface area contributed by atoms with Gasteiger partial charge in [-0.2, -0.15) is 0 Å². The van der Waals surface area contributed by atoms with E-state index in [2.05, 4.69) is 46.4 Å². The zero-order valence-corrected chi connectivity index (χ0v) is 22.3. The van der Waals surface area contributed by atoms with E-state index in [1.807, 2.05) is 24.3 Å². The van der Waals surface area contributed by atoms with E-state index in [-0.39, 0.29) is 29.0 Å². The highest BCUT2D eigenvalue weighted by Crippen LogP contribution is 2.46. The number of benzene rings is 1. The van der Waals surface area contributed by atoms with E-state index in [1.54, 1.807) is 6.20 Å². The fourth-order valence-corrected chi connectivity index (χ4v) is 6.53. The maximum Gasteiger partial charge on any atom is 0.308 e. The van der Waals surface area contributed by atoms with Gasteiger partial charge in [0.1, 0.15) is 17.3 Å². The van der Waals surface area contributed by atoms with Gasteiger partial charge in [0.15, 0.2) is 12.0 Å². The summed E-state index contributed by atoms with van der Waals surface area (Å²) in [5, 5.41) is 17.0. The Labute approximate surface area is 225 Å². The molecule has 0 amide bonds. The summed E-state index contributed by atoms with van der Waals surface area (Å²) in [4.78, 5) is 24.1.